The van der Waals surface area contributed by atoms with Crippen molar-refractivity contribution in [3.8, 4) is 11.5 Å². The predicted molar refractivity (Wildman–Crippen MR) is 166 cm³/mol. The van der Waals surface area contributed by atoms with Crippen molar-refractivity contribution in [1.29, 1.82) is 0 Å². The monoisotopic (exact) mass is 714 g/mol. The van der Waals surface area contributed by atoms with Crippen LogP contribution in [0.3, 0.4) is 0 Å². The number of aromatic nitrogens is 1. The smallest absolute Gasteiger partial charge is 0.338 e. The number of nitrogens with zero attached hydrogens (tertiary/aromatic N) is 2. The summed E-state index contributed by atoms with van der Waals surface area (Å²) in [6.07, 6.45) is 1.78. The molecular formula is C31H25Br2FN2O5S. The van der Waals surface area contributed by atoms with E-state index in [1.54, 1.807) is 55.9 Å². The second kappa shape index (κ2) is 12.8. The molecule has 0 fully saturated rings. The summed E-state index contributed by atoms with van der Waals surface area (Å²) in [6, 6.07) is 16.3. The minimum Gasteiger partial charge on any atom is -0.497 e. The van der Waals surface area contributed by atoms with Crippen LogP contribution in [0.2, 0.25) is 0 Å². The zero-order chi connectivity index (χ0) is 30.0. The molecule has 1 atom stereocenters. The van der Waals surface area contributed by atoms with Gasteiger partial charge < -0.3 is 14.2 Å². The zero-order valence-corrected chi connectivity index (χ0v) is 26.8. The molecule has 0 saturated carbocycles. The highest BCUT2D eigenvalue weighted by molar-refractivity contribution is 9.11. The zero-order valence-electron chi connectivity index (χ0n) is 22.8. The third-order valence-corrected chi connectivity index (χ3v) is 8.72. The molecule has 1 aromatic heterocycles. The van der Waals surface area contributed by atoms with Gasteiger partial charge in [0.2, 0.25) is 0 Å². The standard InChI is InChI=1S/C31H25Br2FN2O5S/c1-4-40-30(38)26-17(2)35-31-36(27(26)20-7-11-22(39-3)12-8-20)29(37)25(42-31)15-19-13-23(32)28(24(33)14-19)41-16-18-5-9-21(34)10-6-18/h5-15,27H,4,16H2,1-3H3/b25-15+/t27-/m0/s1. The SMILES string of the molecule is CCOC(=O)C1=C(C)N=c2s/c(=C/c3cc(Br)c(OCc4ccc(F)cc4)c(Br)c3)c(=O)n2[C@H]1c1ccc(OC)cc1. The first-order valence-electron chi connectivity index (χ1n) is 12.9. The molecule has 0 saturated heterocycles. The number of methoxy groups -OCH3 is 1. The molecule has 0 N–H and O–H groups in total. The van der Waals surface area contributed by atoms with Crippen LogP contribution in [-0.4, -0.2) is 24.3 Å². The molecule has 5 rings (SSSR count). The van der Waals surface area contributed by atoms with Crippen LogP contribution in [0.15, 0.2) is 90.7 Å². The Morgan fingerprint density at radius 3 is 2.38 bits per heavy atom. The van der Waals surface area contributed by atoms with Gasteiger partial charge in [-0.15, -0.1) is 0 Å². The maximum Gasteiger partial charge on any atom is 0.338 e. The van der Waals surface area contributed by atoms with Gasteiger partial charge in [0.25, 0.3) is 5.56 Å². The van der Waals surface area contributed by atoms with Crippen LogP contribution in [-0.2, 0) is 16.1 Å². The third kappa shape index (κ3) is 6.13. The third-order valence-electron chi connectivity index (χ3n) is 6.56. The molecule has 42 heavy (non-hydrogen) atoms. The molecule has 4 aromatic rings. The average molecular weight is 716 g/mol. The van der Waals surface area contributed by atoms with Crippen LogP contribution in [0.5, 0.6) is 11.5 Å². The van der Waals surface area contributed by atoms with Crippen LogP contribution in [0.4, 0.5) is 4.39 Å². The van der Waals surface area contributed by atoms with Gasteiger partial charge in [-0.2, -0.15) is 0 Å². The second-order valence-electron chi connectivity index (χ2n) is 9.30. The van der Waals surface area contributed by atoms with Gasteiger partial charge in [0.1, 0.15) is 23.9 Å². The summed E-state index contributed by atoms with van der Waals surface area (Å²) in [4.78, 5) is 32.1. The lowest BCUT2D eigenvalue weighted by Crippen LogP contribution is -2.39. The number of ether oxygens (including phenoxy) is 3. The van der Waals surface area contributed by atoms with E-state index in [1.807, 2.05) is 24.3 Å². The molecule has 216 valence electrons. The number of carbonyl (C=O) groups excluding carboxylic acids is 1. The summed E-state index contributed by atoms with van der Waals surface area (Å²) in [7, 11) is 1.58. The summed E-state index contributed by atoms with van der Waals surface area (Å²) in [5.41, 5.74) is 2.83. The lowest BCUT2D eigenvalue weighted by Gasteiger charge is -2.24. The minimum absolute atomic E-state index is 0.197. The van der Waals surface area contributed by atoms with E-state index >= 15 is 0 Å². The van der Waals surface area contributed by atoms with Crippen LogP contribution in [0, 0.1) is 5.82 Å². The number of hydrogen-bond acceptors (Lipinski definition) is 7. The van der Waals surface area contributed by atoms with Crippen LogP contribution < -0.4 is 24.4 Å². The van der Waals surface area contributed by atoms with Crippen LogP contribution in [0.1, 0.15) is 36.6 Å². The van der Waals surface area contributed by atoms with Crippen molar-refractivity contribution in [2.24, 2.45) is 4.99 Å². The summed E-state index contributed by atoms with van der Waals surface area (Å²) in [5.74, 6) is 0.411. The lowest BCUT2D eigenvalue weighted by molar-refractivity contribution is -0.139. The van der Waals surface area contributed by atoms with Crippen molar-refractivity contribution in [2.45, 2.75) is 26.5 Å². The van der Waals surface area contributed by atoms with Crippen molar-refractivity contribution in [2.75, 3.05) is 13.7 Å². The molecule has 1 aliphatic rings. The normalized spacial score (nSPS) is 14.8. The van der Waals surface area contributed by atoms with Crippen molar-refractivity contribution in [1.82, 2.24) is 4.57 Å². The van der Waals surface area contributed by atoms with E-state index in [0.29, 0.717) is 41.0 Å². The predicted octanol–water partition coefficient (Wildman–Crippen LogP) is 6.05. The van der Waals surface area contributed by atoms with E-state index in [4.69, 9.17) is 14.2 Å². The van der Waals surface area contributed by atoms with Crippen molar-refractivity contribution in [3.63, 3.8) is 0 Å². The van der Waals surface area contributed by atoms with Crippen molar-refractivity contribution < 1.29 is 23.4 Å². The molecule has 0 bridgehead atoms. The summed E-state index contributed by atoms with van der Waals surface area (Å²) < 4.78 is 33.2. The van der Waals surface area contributed by atoms with Gasteiger partial charge in [-0.25, -0.2) is 14.2 Å². The number of halogens is 3. The Balaban J connectivity index is 1.54. The molecule has 0 spiro atoms. The molecular weight excluding hydrogens is 691 g/mol. The summed E-state index contributed by atoms with van der Waals surface area (Å²) in [6.45, 7) is 3.94. The first-order chi connectivity index (χ1) is 20.2. The fourth-order valence-corrected chi connectivity index (χ4v) is 7.08. The largest absolute Gasteiger partial charge is 0.497 e. The first-order valence-corrected chi connectivity index (χ1v) is 15.3. The summed E-state index contributed by atoms with van der Waals surface area (Å²) in [5, 5.41) is 0. The van der Waals surface area contributed by atoms with Crippen molar-refractivity contribution in [3.05, 3.63) is 123 Å². The molecule has 11 heteroatoms. The molecule has 0 unspecified atom stereocenters. The molecule has 1 aliphatic heterocycles. The molecule has 7 nitrogen and oxygen atoms in total. The van der Waals surface area contributed by atoms with E-state index in [2.05, 4.69) is 36.9 Å². The Kier molecular flexibility index (Phi) is 9.10. The first kappa shape index (κ1) is 29.9. The highest BCUT2D eigenvalue weighted by atomic mass is 79.9. The molecule has 0 aliphatic carbocycles. The van der Waals surface area contributed by atoms with Gasteiger partial charge in [0.05, 0.1) is 44.5 Å². The fourth-order valence-electron chi connectivity index (χ4n) is 4.58. The van der Waals surface area contributed by atoms with Crippen molar-refractivity contribution >= 4 is 55.2 Å². The van der Waals surface area contributed by atoms with Gasteiger partial charge in [0.15, 0.2) is 4.80 Å². The molecule has 0 amide bonds. The number of allylic oxidation sites excluding steroid dienone is 1. The minimum atomic E-state index is -0.714. The second-order valence-corrected chi connectivity index (χ2v) is 12.0. The number of fused-ring (bicyclic) bond motifs is 1. The van der Waals surface area contributed by atoms with E-state index < -0.39 is 12.0 Å². The maximum atomic E-state index is 13.9. The topological polar surface area (TPSA) is 79.1 Å². The van der Waals surface area contributed by atoms with Gasteiger partial charge >= 0.3 is 5.97 Å². The summed E-state index contributed by atoms with van der Waals surface area (Å²) >= 11 is 8.38. The van der Waals surface area contributed by atoms with Crippen LogP contribution >= 0.6 is 43.2 Å². The Morgan fingerprint density at radius 2 is 1.76 bits per heavy atom. The molecule has 0 radical (unpaired) electrons. The number of carbonyl (C=O) groups is 1. The Bertz CT molecular complexity index is 1840. The number of benzene rings is 3. The highest BCUT2D eigenvalue weighted by Crippen LogP contribution is 2.36. The fraction of sp³-hybridized carbons (Fsp3) is 0.194. The van der Waals surface area contributed by atoms with E-state index in [1.165, 1.54) is 23.5 Å². The molecule has 3 aromatic carbocycles. The Hall–Kier alpha value is -3.54. The van der Waals surface area contributed by atoms with Gasteiger partial charge in [0, 0.05) is 0 Å². The van der Waals surface area contributed by atoms with Gasteiger partial charge in [-0.3, -0.25) is 9.36 Å². The van der Waals surface area contributed by atoms with E-state index in [-0.39, 0.29) is 24.6 Å². The van der Waals surface area contributed by atoms with E-state index in [0.717, 1.165) is 16.7 Å². The number of esters is 1. The highest BCUT2D eigenvalue weighted by Gasteiger charge is 2.33. The number of thiazole rings is 1. The number of rotatable bonds is 8. The lowest BCUT2D eigenvalue weighted by atomic mass is 9.96. The van der Waals surface area contributed by atoms with Gasteiger partial charge in [-0.05, 0) is 105 Å². The quantitative estimate of drug-likeness (QED) is 0.208. The van der Waals surface area contributed by atoms with E-state index in [9.17, 15) is 14.0 Å². The average Bonchev–Trinajstić information content (AvgIpc) is 3.26. The molecule has 2 heterocycles. The van der Waals surface area contributed by atoms with Gasteiger partial charge in [-0.1, -0.05) is 35.6 Å². The van der Waals surface area contributed by atoms with Crippen LogP contribution in [0.25, 0.3) is 6.08 Å². The number of hydrogen-bond donors (Lipinski definition) is 0. The Labute approximate surface area is 261 Å². The maximum absolute atomic E-state index is 13.9. The Morgan fingerprint density at radius 1 is 1.10 bits per heavy atom.